The topological polar surface area (TPSA) is 90.3 Å². The van der Waals surface area contributed by atoms with Gasteiger partial charge in [0.05, 0.1) is 12.7 Å². The maximum Gasteiger partial charge on any atom is 0.255 e. The minimum atomic E-state index is -0.507. The Morgan fingerprint density at radius 3 is 2.64 bits per heavy atom. The van der Waals surface area contributed by atoms with Crippen molar-refractivity contribution in [3.05, 3.63) is 107 Å². The van der Waals surface area contributed by atoms with Crippen LogP contribution in [-0.2, 0) is 11.4 Å². The number of amides is 1. The van der Waals surface area contributed by atoms with Crippen molar-refractivity contribution in [3.63, 3.8) is 0 Å². The summed E-state index contributed by atoms with van der Waals surface area (Å²) in [5.41, 5.74) is 5.02. The zero-order chi connectivity index (χ0) is 25.1. The average molecular weight is 482 g/mol. The number of para-hydroxylation sites is 1. The number of carbonyl (C=O) groups is 1. The number of ether oxygens (including phenoxy) is 2. The van der Waals surface area contributed by atoms with Crippen molar-refractivity contribution < 1.29 is 14.3 Å². The van der Waals surface area contributed by atoms with Gasteiger partial charge in [-0.2, -0.15) is 10.1 Å². The lowest BCUT2D eigenvalue weighted by Gasteiger charge is -2.29. The smallest absolute Gasteiger partial charge is 0.255 e. The Morgan fingerprint density at radius 1 is 1.03 bits per heavy atom. The number of allylic oxidation sites excluding steroid dienone is 1. The van der Waals surface area contributed by atoms with Gasteiger partial charge in [-0.05, 0) is 49.2 Å². The molecule has 0 saturated heterocycles. The molecule has 182 valence electrons. The van der Waals surface area contributed by atoms with Crippen LogP contribution in [0.5, 0.6) is 11.5 Å². The number of methoxy groups -OCH3 is 1. The lowest BCUT2D eigenvalue weighted by atomic mass is 9.94. The van der Waals surface area contributed by atoms with Crippen molar-refractivity contribution >= 4 is 17.5 Å². The molecule has 0 fully saturated rings. The summed E-state index contributed by atoms with van der Waals surface area (Å²) in [6.45, 7) is 4.33. The van der Waals surface area contributed by atoms with Gasteiger partial charge in [0, 0.05) is 11.4 Å². The second kappa shape index (κ2) is 9.95. The molecule has 36 heavy (non-hydrogen) atoms. The van der Waals surface area contributed by atoms with Crippen LogP contribution in [0.4, 0.5) is 11.6 Å². The third kappa shape index (κ3) is 4.65. The predicted octanol–water partition coefficient (Wildman–Crippen LogP) is 5.10. The number of benzene rings is 3. The van der Waals surface area contributed by atoms with Crippen molar-refractivity contribution in [2.75, 3.05) is 17.7 Å². The fourth-order valence-corrected chi connectivity index (χ4v) is 4.35. The second-order valence-corrected chi connectivity index (χ2v) is 8.60. The Labute approximate surface area is 209 Å². The molecule has 0 saturated carbocycles. The Hall–Kier alpha value is -4.59. The van der Waals surface area contributed by atoms with Crippen LogP contribution in [0, 0.1) is 6.92 Å². The summed E-state index contributed by atoms with van der Waals surface area (Å²) >= 11 is 0. The van der Waals surface area contributed by atoms with Crippen molar-refractivity contribution in [3.8, 4) is 11.5 Å². The van der Waals surface area contributed by atoms with E-state index in [2.05, 4.69) is 39.8 Å². The molecule has 0 aliphatic carbocycles. The fraction of sp³-hybridized carbons (Fsp3) is 0.179. The first kappa shape index (κ1) is 23.2. The third-order valence-corrected chi connectivity index (χ3v) is 6.05. The first-order valence-corrected chi connectivity index (χ1v) is 11.6. The largest absolute Gasteiger partial charge is 0.493 e. The minimum Gasteiger partial charge on any atom is -0.493 e. The standard InChI is InChI=1S/C28H27N5O3/c1-18-8-7-9-20(14-18)16-36-23-13-12-21(15-24(23)35-3)26-25(19(2)31-28-29-17-30-33(26)28)27(34)32-22-10-5-4-6-11-22/h4-15,17,26H,16H2,1-3H3,(H,32,34)(H,29,30,31). The SMILES string of the molecule is COc1cc(C2C(C(=O)Nc3ccccc3)=C(C)Nc3ncnn32)ccc1OCc1cccc(C)c1. The summed E-state index contributed by atoms with van der Waals surface area (Å²) in [5.74, 6) is 1.52. The number of hydrogen-bond donors (Lipinski definition) is 2. The van der Waals surface area contributed by atoms with Gasteiger partial charge in [-0.1, -0.05) is 54.1 Å². The van der Waals surface area contributed by atoms with Crippen LogP contribution in [0.25, 0.3) is 0 Å². The molecular formula is C28H27N5O3. The highest BCUT2D eigenvalue weighted by molar-refractivity contribution is 6.06. The molecule has 2 N–H and O–H groups in total. The van der Waals surface area contributed by atoms with E-state index >= 15 is 0 Å². The molecule has 8 heteroatoms. The van der Waals surface area contributed by atoms with Crippen LogP contribution in [0.3, 0.4) is 0 Å². The lowest BCUT2D eigenvalue weighted by Crippen LogP contribution is -2.31. The Bertz CT molecular complexity index is 1430. The van der Waals surface area contributed by atoms with Gasteiger partial charge >= 0.3 is 0 Å². The molecule has 1 aliphatic rings. The number of rotatable bonds is 7. The highest BCUT2D eigenvalue weighted by Gasteiger charge is 2.34. The average Bonchev–Trinajstić information content (AvgIpc) is 3.35. The van der Waals surface area contributed by atoms with Gasteiger partial charge in [-0.15, -0.1) is 0 Å². The molecule has 3 aromatic carbocycles. The van der Waals surface area contributed by atoms with E-state index in [9.17, 15) is 4.79 Å². The van der Waals surface area contributed by atoms with Crippen LogP contribution in [0.1, 0.15) is 29.7 Å². The van der Waals surface area contributed by atoms with Crippen LogP contribution < -0.4 is 20.1 Å². The van der Waals surface area contributed by atoms with Gasteiger partial charge in [0.15, 0.2) is 11.5 Å². The quantitative estimate of drug-likeness (QED) is 0.382. The zero-order valence-electron chi connectivity index (χ0n) is 20.4. The maximum atomic E-state index is 13.5. The van der Waals surface area contributed by atoms with Gasteiger partial charge in [0.1, 0.15) is 19.0 Å². The first-order chi connectivity index (χ1) is 17.5. The molecule has 1 aromatic heterocycles. The van der Waals surface area contributed by atoms with Gasteiger partial charge in [-0.3, -0.25) is 4.79 Å². The molecule has 1 amide bonds. The molecule has 8 nitrogen and oxygen atoms in total. The van der Waals surface area contributed by atoms with Crippen LogP contribution in [0.2, 0.25) is 0 Å². The van der Waals surface area contributed by atoms with Gasteiger partial charge < -0.3 is 20.1 Å². The number of aromatic nitrogens is 3. The zero-order valence-corrected chi connectivity index (χ0v) is 20.4. The maximum absolute atomic E-state index is 13.5. The summed E-state index contributed by atoms with van der Waals surface area (Å²) in [4.78, 5) is 17.8. The number of anilines is 2. The van der Waals surface area contributed by atoms with Crippen LogP contribution in [0.15, 0.2) is 90.4 Å². The molecule has 0 bridgehead atoms. The second-order valence-electron chi connectivity index (χ2n) is 8.60. The monoisotopic (exact) mass is 481 g/mol. The molecule has 0 spiro atoms. The Morgan fingerprint density at radius 2 is 1.86 bits per heavy atom. The van der Waals surface area contributed by atoms with Gasteiger partial charge in [0.25, 0.3) is 5.91 Å². The summed E-state index contributed by atoms with van der Waals surface area (Å²) in [6, 6.07) is 22.7. The van der Waals surface area contributed by atoms with Gasteiger partial charge in [-0.25, -0.2) is 4.68 Å². The number of nitrogens with zero attached hydrogens (tertiary/aromatic N) is 3. The lowest BCUT2D eigenvalue weighted by molar-refractivity contribution is -0.113. The van der Waals surface area contributed by atoms with Crippen molar-refractivity contribution in [1.82, 2.24) is 14.8 Å². The summed E-state index contributed by atoms with van der Waals surface area (Å²) in [5, 5.41) is 10.6. The van der Waals surface area contributed by atoms with Crippen molar-refractivity contribution in [1.29, 1.82) is 0 Å². The van der Waals surface area contributed by atoms with E-state index in [0.717, 1.165) is 11.1 Å². The molecule has 0 radical (unpaired) electrons. The number of nitrogens with one attached hydrogen (secondary N) is 2. The van der Waals surface area contributed by atoms with Crippen molar-refractivity contribution in [2.24, 2.45) is 0 Å². The number of fused-ring (bicyclic) bond motifs is 1. The fourth-order valence-electron chi connectivity index (χ4n) is 4.35. The summed E-state index contributed by atoms with van der Waals surface area (Å²) in [6.07, 6.45) is 1.47. The molecule has 1 aliphatic heterocycles. The molecular weight excluding hydrogens is 454 g/mol. The highest BCUT2D eigenvalue weighted by atomic mass is 16.5. The van der Waals surface area contributed by atoms with E-state index in [4.69, 9.17) is 9.47 Å². The van der Waals surface area contributed by atoms with E-state index in [0.29, 0.717) is 41.0 Å². The van der Waals surface area contributed by atoms with E-state index in [1.165, 1.54) is 11.9 Å². The van der Waals surface area contributed by atoms with Crippen LogP contribution >= 0.6 is 0 Å². The predicted molar refractivity (Wildman–Crippen MR) is 138 cm³/mol. The molecule has 1 unspecified atom stereocenters. The number of carbonyl (C=O) groups excluding carboxylic acids is 1. The third-order valence-electron chi connectivity index (χ3n) is 6.05. The molecule has 2 heterocycles. The van der Waals surface area contributed by atoms with Crippen LogP contribution in [-0.4, -0.2) is 27.8 Å². The highest BCUT2D eigenvalue weighted by Crippen LogP contribution is 2.39. The van der Waals surface area contributed by atoms with E-state index < -0.39 is 6.04 Å². The van der Waals surface area contributed by atoms with E-state index in [1.54, 1.807) is 11.8 Å². The number of aryl methyl sites for hydroxylation is 1. The first-order valence-electron chi connectivity index (χ1n) is 11.6. The minimum absolute atomic E-state index is 0.226. The summed E-state index contributed by atoms with van der Waals surface area (Å²) in [7, 11) is 1.60. The van der Waals surface area contributed by atoms with E-state index in [-0.39, 0.29) is 5.91 Å². The van der Waals surface area contributed by atoms with Gasteiger partial charge in [0.2, 0.25) is 5.95 Å². The normalized spacial score (nSPS) is 14.6. The Balaban J connectivity index is 1.47. The molecule has 1 atom stereocenters. The molecule has 4 aromatic rings. The molecule has 5 rings (SSSR count). The van der Waals surface area contributed by atoms with Crippen molar-refractivity contribution in [2.45, 2.75) is 26.5 Å². The van der Waals surface area contributed by atoms with E-state index in [1.807, 2.05) is 67.6 Å². The number of hydrogen-bond acceptors (Lipinski definition) is 6. The summed E-state index contributed by atoms with van der Waals surface area (Å²) < 4.78 is 13.5. The Kier molecular flexibility index (Phi) is 6.40.